The Morgan fingerprint density at radius 1 is 1.03 bits per heavy atom. The van der Waals surface area contributed by atoms with Crippen LogP contribution >= 0.6 is 11.3 Å². The zero-order valence-electron chi connectivity index (χ0n) is 19.3. The number of aromatic nitrogens is 2. The maximum Gasteiger partial charge on any atom is 0.290 e. The molecule has 4 aromatic rings. The number of benzene rings is 2. The van der Waals surface area contributed by atoms with Crippen molar-refractivity contribution in [2.24, 2.45) is 0 Å². The predicted octanol–water partition coefficient (Wildman–Crippen LogP) is 5.60. The molecule has 6 nitrogen and oxygen atoms in total. The molecule has 1 aliphatic rings. The highest BCUT2D eigenvalue weighted by Gasteiger charge is 2.45. The van der Waals surface area contributed by atoms with E-state index >= 15 is 0 Å². The summed E-state index contributed by atoms with van der Waals surface area (Å²) in [7, 11) is 0. The average Bonchev–Trinajstić information content (AvgIpc) is 3.38. The Labute approximate surface area is 207 Å². The summed E-state index contributed by atoms with van der Waals surface area (Å²) in [6, 6.07) is 20.2. The first-order chi connectivity index (χ1) is 17.0. The van der Waals surface area contributed by atoms with Gasteiger partial charge in [0.05, 0.1) is 22.2 Å². The van der Waals surface area contributed by atoms with Crippen molar-refractivity contribution in [3.63, 3.8) is 0 Å². The molecule has 0 fully saturated rings. The van der Waals surface area contributed by atoms with Crippen molar-refractivity contribution >= 4 is 23.0 Å². The summed E-state index contributed by atoms with van der Waals surface area (Å²) in [6.45, 7) is 3.93. The number of carbonyl (C=O) groups excluding carboxylic acids is 2. The van der Waals surface area contributed by atoms with Crippen LogP contribution in [0.25, 0.3) is 10.6 Å². The van der Waals surface area contributed by atoms with Gasteiger partial charge < -0.3 is 10.0 Å². The number of ketones is 1. The smallest absolute Gasteiger partial charge is 0.290 e. The third-order valence-corrected chi connectivity index (χ3v) is 7.34. The summed E-state index contributed by atoms with van der Waals surface area (Å²) in [6.07, 6.45) is 3.34. The van der Waals surface area contributed by atoms with E-state index < -0.39 is 17.7 Å². The molecule has 2 aromatic heterocycles. The molecule has 0 saturated carbocycles. The number of carbonyl (C=O) groups is 2. The zero-order chi connectivity index (χ0) is 24.5. The molecular weight excluding hydrogens is 458 g/mol. The highest BCUT2D eigenvalue weighted by Crippen LogP contribution is 2.42. The molecule has 1 atom stereocenters. The first-order valence-electron chi connectivity index (χ1n) is 11.2. The van der Waals surface area contributed by atoms with Crippen molar-refractivity contribution in [1.82, 2.24) is 14.9 Å². The molecule has 1 N–H and O–H groups in total. The van der Waals surface area contributed by atoms with Crippen LogP contribution in [0.15, 0.2) is 90.5 Å². The third kappa shape index (κ3) is 4.15. The summed E-state index contributed by atoms with van der Waals surface area (Å²) in [4.78, 5) is 37.9. The second-order valence-corrected chi connectivity index (χ2v) is 9.44. The average molecular weight is 482 g/mol. The van der Waals surface area contributed by atoms with Crippen molar-refractivity contribution in [1.29, 1.82) is 0 Å². The van der Waals surface area contributed by atoms with Crippen LogP contribution in [0.1, 0.15) is 38.1 Å². The molecule has 0 aliphatic carbocycles. The van der Waals surface area contributed by atoms with Gasteiger partial charge in [-0.25, -0.2) is 4.98 Å². The van der Waals surface area contributed by atoms with Gasteiger partial charge in [0, 0.05) is 24.5 Å². The van der Waals surface area contributed by atoms with E-state index in [1.54, 1.807) is 25.4 Å². The summed E-state index contributed by atoms with van der Waals surface area (Å²) in [5.74, 6) is -1.47. The van der Waals surface area contributed by atoms with E-state index in [9.17, 15) is 14.7 Å². The number of amides is 1. The minimum Gasteiger partial charge on any atom is -0.503 e. The lowest BCUT2D eigenvalue weighted by Gasteiger charge is -2.28. The standard InChI is InChI=1S/C28H23N3O3S/c1-17-9-6-7-13-21(17)23-22(25(33)28(34)31(23)16-19-10-8-14-29-15-19)24(32)26-18(2)30-27(35-26)20-11-4-3-5-12-20/h3-15,23,33H,16H2,1-2H3. The molecule has 0 radical (unpaired) electrons. The summed E-state index contributed by atoms with van der Waals surface area (Å²) < 4.78 is 0. The summed E-state index contributed by atoms with van der Waals surface area (Å²) >= 11 is 1.27. The molecule has 7 heteroatoms. The molecular formula is C28H23N3O3S. The highest BCUT2D eigenvalue weighted by atomic mass is 32.1. The highest BCUT2D eigenvalue weighted by molar-refractivity contribution is 7.17. The van der Waals surface area contributed by atoms with E-state index in [1.165, 1.54) is 16.2 Å². The van der Waals surface area contributed by atoms with Gasteiger partial charge in [0.15, 0.2) is 5.76 Å². The zero-order valence-corrected chi connectivity index (χ0v) is 20.1. The minimum absolute atomic E-state index is 0.0829. The van der Waals surface area contributed by atoms with Gasteiger partial charge in [0.1, 0.15) is 5.01 Å². The molecule has 1 unspecified atom stereocenters. The van der Waals surface area contributed by atoms with E-state index in [-0.39, 0.29) is 17.9 Å². The third-order valence-electron chi connectivity index (χ3n) is 6.13. The number of aryl methyl sites for hydroxylation is 2. The normalized spacial score (nSPS) is 15.7. The van der Waals surface area contributed by atoms with Gasteiger partial charge in [-0.2, -0.15) is 0 Å². The van der Waals surface area contributed by atoms with E-state index in [0.717, 1.165) is 27.3 Å². The molecule has 1 aliphatic heterocycles. The molecule has 1 amide bonds. The van der Waals surface area contributed by atoms with Crippen molar-refractivity contribution in [2.75, 3.05) is 0 Å². The summed E-state index contributed by atoms with van der Waals surface area (Å²) in [5.41, 5.74) is 4.09. The Balaban J connectivity index is 1.60. The lowest BCUT2D eigenvalue weighted by Crippen LogP contribution is -2.31. The van der Waals surface area contributed by atoms with Crippen LogP contribution in [0.4, 0.5) is 0 Å². The molecule has 0 spiro atoms. The number of hydrogen-bond acceptors (Lipinski definition) is 6. The largest absolute Gasteiger partial charge is 0.503 e. The minimum atomic E-state index is -0.724. The lowest BCUT2D eigenvalue weighted by atomic mass is 9.92. The number of Topliss-reactive ketones (excluding diaryl/α,β-unsaturated/α-hetero) is 1. The number of nitrogens with zero attached hydrogens (tertiary/aromatic N) is 3. The van der Waals surface area contributed by atoms with Gasteiger partial charge in [-0.15, -0.1) is 11.3 Å². The van der Waals surface area contributed by atoms with Crippen molar-refractivity contribution in [3.05, 3.63) is 118 Å². The predicted molar refractivity (Wildman–Crippen MR) is 135 cm³/mol. The van der Waals surface area contributed by atoms with Crippen LogP contribution in [-0.2, 0) is 11.3 Å². The number of pyridine rings is 1. The second kappa shape index (κ2) is 9.27. The first kappa shape index (κ1) is 22.7. The number of aliphatic hydroxyl groups excluding tert-OH is 1. The van der Waals surface area contributed by atoms with E-state index in [2.05, 4.69) is 9.97 Å². The Kier molecular flexibility index (Phi) is 6.01. The Morgan fingerprint density at radius 2 is 1.77 bits per heavy atom. The first-order valence-corrected chi connectivity index (χ1v) is 12.0. The number of rotatable bonds is 6. The second-order valence-electron chi connectivity index (χ2n) is 8.44. The maximum absolute atomic E-state index is 13.9. The monoisotopic (exact) mass is 481 g/mol. The van der Waals surface area contributed by atoms with Crippen molar-refractivity contribution < 1.29 is 14.7 Å². The van der Waals surface area contributed by atoms with E-state index in [1.807, 2.05) is 67.6 Å². The van der Waals surface area contributed by atoms with Gasteiger partial charge in [-0.05, 0) is 36.6 Å². The van der Waals surface area contributed by atoms with Gasteiger partial charge in [-0.1, -0.05) is 60.7 Å². The van der Waals surface area contributed by atoms with Crippen molar-refractivity contribution in [2.45, 2.75) is 26.4 Å². The molecule has 174 valence electrons. The van der Waals surface area contributed by atoms with Crippen LogP contribution in [0.2, 0.25) is 0 Å². The number of hydrogen-bond donors (Lipinski definition) is 1. The Hall–Kier alpha value is -4.10. The van der Waals surface area contributed by atoms with E-state index in [4.69, 9.17) is 0 Å². The summed E-state index contributed by atoms with van der Waals surface area (Å²) in [5, 5.41) is 11.7. The van der Waals surface area contributed by atoms with Crippen molar-refractivity contribution in [3.8, 4) is 10.6 Å². The van der Waals surface area contributed by atoms with Gasteiger partial charge >= 0.3 is 0 Å². The van der Waals surface area contributed by atoms with Gasteiger partial charge in [0.2, 0.25) is 5.78 Å². The molecule has 3 heterocycles. The lowest BCUT2D eigenvalue weighted by molar-refractivity contribution is -0.130. The van der Waals surface area contributed by atoms with Crippen LogP contribution in [-0.4, -0.2) is 31.7 Å². The molecule has 2 aromatic carbocycles. The molecule has 0 saturated heterocycles. The van der Waals surface area contributed by atoms with Gasteiger partial charge in [-0.3, -0.25) is 14.6 Å². The number of aliphatic hydroxyl groups is 1. The maximum atomic E-state index is 13.9. The SMILES string of the molecule is Cc1ccccc1C1C(C(=O)c2sc(-c3ccccc3)nc2C)=C(O)C(=O)N1Cc1cccnc1. The fraction of sp³-hybridized carbons (Fsp3) is 0.143. The van der Waals surface area contributed by atoms with Crippen LogP contribution in [0.5, 0.6) is 0 Å². The topological polar surface area (TPSA) is 83.4 Å². The van der Waals surface area contributed by atoms with Crippen LogP contribution in [0, 0.1) is 13.8 Å². The number of thiazole rings is 1. The Morgan fingerprint density at radius 3 is 2.49 bits per heavy atom. The molecule has 5 rings (SSSR count). The van der Waals surface area contributed by atoms with Crippen LogP contribution in [0.3, 0.4) is 0 Å². The van der Waals surface area contributed by atoms with Crippen LogP contribution < -0.4 is 0 Å². The molecule has 35 heavy (non-hydrogen) atoms. The Bertz CT molecular complexity index is 1440. The fourth-order valence-electron chi connectivity index (χ4n) is 4.39. The molecule has 0 bridgehead atoms. The quantitative estimate of drug-likeness (QED) is 0.363. The van der Waals surface area contributed by atoms with E-state index in [0.29, 0.717) is 10.6 Å². The fourth-order valence-corrected chi connectivity index (χ4v) is 5.41. The van der Waals surface area contributed by atoms with Gasteiger partial charge in [0.25, 0.3) is 5.91 Å².